The molecular weight excluding hydrogens is 170 g/mol. The summed E-state index contributed by atoms with van der Waals surface area (Å²) in [6.45, 7) is 2.39. The highest BCUT2D eigenvalue weighted by Gasteiger charge is 2.16. The molecule has 0 aromatic heterocycles. The SMILES string of the molecule is CC[C@@H](CO)N[C@H]1CCCSC1. The van der Waals surface area contributed by atoms with Crippen molar-refractivity contribution in [3.05, 3.63) is 0 Å². The lowest BCUT2D eigenvalue weighted by molar-refractivity contribution is 0.228. The second-order valence-electron chi connectivity index (χ2n) is 3.37. The van der Waals surface area contributed by atoms with E-state index < -0.39 is 0 Å². The number of rotatable bonds is 4. The van der Waals surface area contributed by atoms with E-state index in [9.17, 15) is 0 Å². The summed E-state index contributed by atoms with van der Waals surface area (Å²) in [5.74, 6) is 2.53. The van der Waals surface area contributed by atoms with Crippen LogP contribution in [-0.4, -0.2) is 35.3 Å². The van der Waals surface area contributed by atoms with Crippen LogP contribution in [0.1, 0.15) is 26.2 Å². The normalized spacial score (nSPS) is 27.0. The Morgan fingerprint density at radius 2 is 2.50 bits per heavy atom. The average molecular weight is 189 g/mol. The van der Waals surface area contributed by atoms with Crippen LogP contribution in [0.5, 0.6) is 0 Å². The van der Waals surface area contributed by atoms with Crippen molar-refractivity contribution in [2.45, 2.75) is 38.3 Å². The van der Waals surface area contributed by atoms with Crippen molar-refractivity contribution >= 4 is 11.8 Å². The fourth-order valence-corrected chi connectivity index (χ4v) is 2.59. The largest absolute Gasteiger partial charge is 0.395 e. The molecule has 2 nitrogen and oxygen atoms in total. The molecule has 1 fully saturated rings. The van der Waals surface area contributed by atoms with Crippen LogP contribution in [0, 0.1) is 0 Å². The fraction of sp³-hybridized carbons (Fsp3) is 1.00. The van der Waals surface area contributed by atoms with Crippen LogP contribution in [0.15, 0.2) is 0 Å². The standard InChI is InChI=1S/C9H19NOS/c1-2-8(6-11)10-9-4-3-5-12-7-9/h8-11H,2-7H2,1H3/t8-,9-/m0/s1. The van der Waals surface area contributed by atoms with Gasteiger partial charge in [0.05, 0.1) is 6.61 Å². The molecule has 0 spiro atoms. The third-order valence-corrected chi connectivity index (χ3v) is 3.56. The molecule has 2 atom stereocenters. The Balaban J connectivity index is 2.18. The van der Waals surface area contributed by atoms with Gasteiger partial charge in [0, 0.05) is 17.8 Å². The Morgan fingerprint density at radius 1 is 1.67 bits per heavy atom. The van der Waals surface area contributed by atoms with Gasteiger partial charge in [-0.05, 0) is 25.0 Å². The minimum Gasteiger partial charge on any atom is -0.395 e. The summed E-state index contributed by atoms with van der Waals surface area (Å²) in [7, 11) is 0. The van der Waals surface area contributed by atoms with Crippen LogP contribution in [-0.2, 0) is 0 Å². The van der Waals surface area contributed by atoms with Crippen molar-refractivity contribution < 1.29 is 5.11 Å². The van der Waals surface area contributed by atoms with Crippen LogP contribution in [0.3, 0.4) is 0 Å². The van der Waals surface area contributed by atoms with Crippen LogP contribution >= 0.6 is 11.8 Å². The summed E-state index contributed by atoms with van der Waals surface area (Å²) in [6, 6.07) is 0.953. The Kier molecular flexibility index (Phi) is 5.04. The molecule has 0 radical (unpaired) electrons. The van der Waals surface area contributed by atoms with Gasteiger partial charge in [0.2, 0.25) is 0 Å². The van der Waals surface area contributed by atoms with Gasteiger partial charge < -0.3 is 10.4 Å². The predicted octanol–water partition coefficient (Wildman–Crippen LogP) is 1.24. The summed E-state index contributed by atoms with van der Waals surface area (Å²) >= 11 is 2.02. The number of aliphatic hydroxyl groups excluding tert-OH is 1. The van der Waals surface area contributed by atoms with Crippen molar-refractivity contribution in [1.29, 1.82) is 0 Å². The maximum atomic E-state index is 8.99. The molecule has 3 heteroatoms. The van der Waals surface area contributed by atoms with Crippen molar-refractivity contribution in [2.24, 2.45) is 0 Å². The molecule has 1 heterocycles. The van der Waals surface area contributed by atoms with E-state index in [4.69, 9.17) is 5.11 Å². The number of thioether (sulfide) groups is 1. The number of nitrogens with one attached hydrogen (secondary N) is 1. The number of hydrogen-bond donors (Lipinski definition) is 2. The van der Waals surface area contributed by atoms with Gasteiger partial charge in [-0.1, -0.05) is 6.92 Å². The van der Waals surface area contributed by atoms with E-state index in [1.165, 1.54) is 24.3 Å². The van der Waals surface area contributed by atoms with E-state index in [-0.39, 0.29) is 6.61 Å². The third kappa shape index (κ3) is 3.33. The second kappa shape index (κ2) is 5.84. The topological polar surface area (TPSA) is 32.3 Å². The molecule has 1 aliphatic heterocycles. The summed E-state index contributed by atoms with van der Waals surface area (Å²) in [5, 5.41) is 12.5. The molecule has 0 amide bonds. The Bertz CT molecular complexity index is 111. The van der Waals surface area contributed by atoms with Gasteiger partial charge in [0.25, 0.3) is 0 Å². The highest BCUT2D eigenvalue weighted by Crippen LogP contribution is 2.17. The lowest BCUT2D eigenvalue weighted by Gasteiger charge is -2.26. The van der Waals surface area contributed by atoms with Crippen LogP contribution in [0.4, 0.5) is 0 Å². The molecule has 0 saturated carbocycles. The Hall–Kier alpha value is 0.270. The lowest BCUT2D eigenvalue weighted by Crippen LogP contribution is -2.42. The maximum absolute atomic E-state index is 8.99. The zero-order valence-corrected chi connectivity index (χ0v) is 8.57. The summed E-state index contributed by atoms with van der Waals surface area (Å²) in [5.41, 5.74) is 0. The van der Waals surface area contributed by atoms with Crippen molar-refractivity contribution in [3.8, 4) is 0 Å². The molecule has 1 saturated heterocycles. The van der Waals surface area contributed by atoms with Gasteiger partial charge in [-0.2, -0.15) is 11.8 Å². The van der Waals surface area contributed by atoms with Gasteiger partial charge in [0.15, 0.2) is 0 Å². The molecule has 0 aliphatic carbocycles. The molecule has 1 rings (SSSR count). The van der Waals surface area contributed by atoms with Crippen LogP contribution in [0.2, 0.25) is 0 Å². The zero-order chi connectivity index (χ0) is 8.81. The first kappa shape index (κ1) is 10.4. The summed E-state index contributed by atoms with van der Waals surface area (Å²) < 4.78 is 0. The highest BCUT2D eigenvalue weighted by molar-refractivity contribution is 7.99. The van der Waals surface area contributed by atoms with Gasteiger partial charge in [0.1, 0.15) is 0 Å². The number of hydrogen-bond acceptors (Lipinski definition) is 3. The first-order valence-electron chi connectivity index (χ1n) is 4.81. The average Bonchev–Trinajstić information content (AvgIpc) is 2.16. The van der Waals surface area contributed by atoms with Gasteiger partial charge in [-0.3, -0.25) is 0 Å². The van der Waals surface area contributed by atoms with Crippen LogP contribution < -0.4 is 5.32 Å². The van der Waals surface area contributed by atoms with Gasteiger partial charge >= 0.3 is 0 Å². The lowest BCUT2D eigenvalue weighted by atomic mass is 10.1. The molecule has 0 aromatic carbocycles. The van der Waals surface area contributed by atoms with Gasteiger partial charge in [-0.25, -0.2) is 0 Å². The van der Waals surface area contributed by atoms with Crippen molar-refractivity contribution in [3.63, 3.8) is 0 Å². The Labute approximate surface area is 79.1 Å². The monoisotopic (exact) mass is 189 g/mol. The van der Waals surface area contributed by atoms with E-state index in [0.717, 1.165) is 6.42 Å². The maximum Gasteiger partial charge on any atom is 0.0584 e. The molecule has 2 N–H and O–H groups in total. The smallest absolute Gasteiger partial charge is 0.0584 e. The van der Waals surface area contributed by atoms with Crippen molar-refractivity contribution in [2.75, 3.05) is 18.1 Å². The first-order chi connectivity index (χ1) is 5.86. The molecule has 12 heavy (non-hydrogen) atoms. The van der Waals surface area contributed by atoms with Crippen molar-refractivity contribution in [1.82, 2.24) is 5.32 Å². The molecule has 0 aromatic rings. The first-order valence-corrected chi connectivity index (χ1v) is 5.97. The van der Waals surface area contributed by atoms with E-state index in [1.807, 2.05) is 11.8 Å². The van der Waals surface area contributed by atoms with Gasteiger partial charge in [-0.15, -0.1) is 0 Å². The summed E-state index contributed by atoms with van der Waals surface area (Å²) in [6.07, 6.45) is 3.63. The predicted molar refractivity (Wildman–Crippen MR) is 54.6 cm³/mol. The molecule has 0 unspecified atom stereocenters. The van der Waals surface area contributed by atoms with E-state index in [2.05, 4.69) is 12.2 Å². The van der Waals surface area contributed by atoms with E-state index >= 15 is 0 Å². The Morgan fingerprint density at radius 3 is 3.00 bits per heavy atom. The fourth-order valence-electron chi connectivity index (χ4n) is 1.51. The molecular formula is C9H19NOS. The van der Waals surface area contributed by atoms with Crippen LogP contribution in [0.25, 0.3) is 0 Å². The quantitative estimate of drug-likeness (QED) is 0.698. The molecule has 72 valence electrons. The number of aliphatic hydroxyl groups is 1. The second-order valence-corrected chi connectivity index (χ2v) is 4.52. The zero-order valence-electron chi connectivity index (χ0n) is 7.75. The molecule has 1 aliphatic rings. The third-order valence-electron chi connectivity index (χ3n) is 2.34. The van der Waals surface area contributed by atoms with E-state index in [0.29, 0.717) is 12.1 Å². The van der Waals surface area contributed by atoms with E-state index in [1.54, 1.807) is 0 Å². The highest BCUT2D eigenvalue weighted by atomic mass is 32.2. The minimum absolute atomic E-state index is 0.275. The summed E-state index contributed by atoms with van der Waals surface area (Å²) in [4.78, 5) is 0. The molecule has 0 bridgehead atoms. The minimum atomic E-state index is 0.275.